The minimum atomic E-state index is -0.650. The van der Waals surface area contributed by atoms with E-state index in [-0.39, 0.29) is 22.8 Å². The van der Waals surface area contributed by atoms with Crippen molar-refractivity contribution in [3.63, 3.8) is 0 Å². The molecule has 0 fully saturated rings. The van der Waals surface area contributed by atoms with Crippen LogP contribution in [0.3, 0.4) is 0 Å². The molecule has 0 aliphatic heterocycles. The summed E-state index contributed by atoms with van der Waals surface area (Å²) >= 11 is 0. The van der Waals surface area contributed by atoms with Crippen molar-refractivity contribution in [2.45, 2.75) is 0 Å². The van der Waals surface area contributed by atoms with Gasteiger partial charge in [0.2, 0.25) is 0 Å². The van der Waals surface area contributed by atoms with E-state index < -0.39 is 22.3 Å². The Morgan fingerprint density at radius 1 is 1.04 bits per heavy atom. The van der Waals surface area contributed by atoms with Crippen LogP contribution in [-0.4, -0.2) is 26.0 Å². The summed E-state index contributed by atoms with van der Waals surface area (Å²) in [6.07, 6.45) is 1.50. The van der Waals surface area contributed by atoms with Gasteiger partial charge in [-0.05, 0) is 30.3 Å². The Morgan fingerprint density at radius 3 is 2.43 bits per heavy atom. The summed E-state index contributed by atoms with van der Waals surface area (Å²) in [6, 6.07) is 12.4. The van der Waals surface area contributed by atoms with Gasteiger partial charge < -0.3 is 15.5 Å². The number of phenolic OH excluding ortho intramolecular Hbond substituents is 2. The van der Waals surface area contributed by atoms with E-state index in [1.165, 1.54) is 30.5 Å². The fourth-order valence-corrected chi connectivity index (χ4v) is 2.20. The summed E-state index contributed by atoms with van der Waals surface area (Å²) < 4.78 is 0. The number of benzene rings is 2. The number of aromatic nitrogens is 1. The molecule has 0 atom stereocenters. The number of anilines is 1. The van der Waals surface area contributed by atoms with E-state index in [2.05, 4.69) is 20.5 Å². The number of carbonyl (C=O) groups excluding carboxylic acids is 1. The fourth-order valence-electron chi connectivity index (χ4n) is 2.20. The first-order valence-corrected chi connectivity index (χ1v) is 7.88. The Hall–Kier alpha value is -4.34. The smallest absolute Gasteiger partial charge is 0.269 e. The number of azo groups is 1. The van der Waals surface area contributed by atoms with Gasteiger partial charge in [0, 0.05) is 24.4 Å². The van der Waals surface area contributed by atoms with E-state index in [0.29, 0.717) is 5.69 Å². The molecule has 1 heterocycles. The third kappa shape index (κ3) is 4.25. The first-order valence-electron chi connectivity index (χ1n) is 7.88. The van der Waals surface area contributed by atoms with E-state index in [0.717, 1.165) is 12.1 Å². The summed E-state index contributed by atoms with van der Waals surface area (Å²) in [5, 5.41) is 40.8. The number of aromatic hydroxyl groups is 2. The van der Waals surface area contributed by atoms with E-state index in [1.807, 2.05) is 0 Å². The third-order valence-electron chi connectivity index (χ3n) is 3.58. The third-order valence-corrected chi connectivity index (χ3v) is 3.58. The number of nitrogens with zero attached hydrogens (tertiary/aromatic N) is 4. The molecule has 0 saturated heterocycles. The maximum Gasteiger partial charge on any atom is 0.269 e. The molecule has 28 heavy (non-hydrogen) atoms. The van der Waals surface area contributed by atoms with Crippen molar-refractivity contribution in [1.82, 2.24) is 4.98 Å². The minimum absolute atomic E-state index is 0.0673. The van der Waals surface area contributed by atoms with Gasteiger partial charge >= 0.3 is 0 Å². The Labute approximate surface area is 158 Å². The van der Waals surface area contributed by atoms with E-state index in [4.69, 9.17) is 0 Å². The largest absolute Gasteiger partial charge is 0.507 e. The lowest BCUT2D eigenvalue weighted by molar-refractivity contribution is -0.384. The van der Waals surface area contributed by atoms with Crippen LogP contribution in [0.5, 0.6) is 11.5 Å². The average Bonchev–Trinajstić information content (AvgIpc) is 2.68. The summed E-state index contributed by atoms with van der Waals surface area (Å²) in [7, 11) is 0. The molecule has 0 unspecified atom stereocenters. The number of rotatable bonds is 5. The maximum absolute atomic E-state index is 12.3. The molecule has 10 heteroatoms. The number of hydrogen-bond acceptors (Lipinski definition) is 8. The number of non-ortho nitro benzene ring substituents is 1. The standard InChI is InChI=1S/C18H13N5O5/c24-15-10-16(25)14(22-21-11-4-6-12(7-5-11)23(27)28)9-13(15)18(26)20-17-3-1-2-8-19-17/h1-10,24-25H,(H,19,20,26). The zero-order chi connectivity index (χ0) is 20.1. The lowest BCUT2D eigenvalue weighted by Gasteiger charge is -2.08. The molecule has 0 aliphatic rings. The van der Waals surface area contributed by atoms with Crippen molar-refractivity contribution in [1.29, 1.82) is 0 Å². The highest BCUT2D eigenvalue weighted by molar-refractivity contribution is 6.06. The second-order valence-corrected chi connectivity index (χ2v) is 5.50. The Bertz CT molecular complexity index is 1050. The average molecular weight is 379 g/mol. The van der Waals surface area contributed by atoms with E-state index in [1.54, 1.807) is 18.2 Å². The molecule has 3 aromatic rings. The van der Waals surface area contributed by atoms with Gasteiger partial charge in [0.05, 0.1) is 16.2 Å². The number of pyridine rings is 1. The van der Waals surface area contributed by atoms with Crippen molar-refractivity contribution >= 4 is 28.8 Å². The molecule has 3 rings (SSSR count). The maximum atomic E-state index is 12.3. The lowest BCUT2D eigenvalue weighted by atomic mass is 10.1. The van der Waals surface area contributed by atoms with Crippen LogP contribution in [0.1, 0.15) is 10.4 Å². The molecular formula is C18H13N5O5. The summed E-state index contributed by atoms with van der Waals surface area (Å²) in [5.41, 5.74) is 0.000831. The van der Waals surface area contributed by atoms with Crippen molar-refractivity contribution in [3.05, 3.63) is 76.5 Å². The van der Waals surface area contributed by atoms with Gasteiger partial charge in [-0.15, -0.1) is 5.11 Å². The van der Waals surface area contributed by atoms with Gasteiger partial charge in [-0.3, -0.25) is 14.9 Å². The predicted octanol–water partition coefficient (Wildman–Crippen LogP) is 4.07. The number of carbonyl (C=O) groups is 1. The molecule has 10 nitrogen and oxygen atoms in total. The summed E-state index contributed by atoms with van der Waals surface area (Å²) in [4.78, 5) is 26.4. The van der Waals surface area contributed by atoms with Gasteiger partial charge in [0.15, 0.2) is 0 Å². The second-order valence-electron chi connectivity index (χ2n) is 5.50. The topological polar surface area (TPSA) is 150 Å². The van der Waals surface area contributed by atoms with Crippen LogP contribution >= 0.6 is 0 Å². The van der Waals surface area contributed by atoms with Crippen LogP contribution in [0.4, 0.5) is 22.9 Å². The molecule has 3 N–H and O–H groups in total. The van der Waals surface area contributed by atoms with E-state index >= 15 is 0 Å². The van der Waals surface area contributed by atoms with Gasteiger partial charge in [-0.2, -0.15) is 5.11 Å². The lowest BCUT2D eigenvalue weighted by Crippen LogP contribution is -2.12. The van der Waals surface area contributed by atoms with Crippen molar-refractivity contribution in [2.75, 3.05) is 5.32 Å². The summed E-state index contributed by atoms with van der Waals surface area (Å²) in [6.45, 7) is 0. The normalized spacial score (nSPS) is 10.7. The van der Waals surface area contributed by atoms with Gasteiger partial charge in [0.25, 0.3) is 11.6 Å². The molecular weight excluding hydrogens is 366 g/mol. The van der Waals surface area contributed by atoms with Crippen LogP contribution in [0, 0.1) is 10.1 Å². The number of nitro groups is 1. The highest BCUT2D eigenvalue weighted by Crippen LogP contribution is 2.35. The predicted molar refractivity (Wildman–Crippen MR) is 99.2 cm³/mol. The molecule has 0 bridgehead atoms. The van der Waals surface area contributed by atoms with E-state index in [9.17, 15) is 25.1 Å². The molecule has 140 valence electrons. The van der Waals surface area contributed by atoms with Gasteiger partial charge in [-0.1, -0.05) is 6.07 Å². The number of nitro benzene ring substituents is 1. The Balaban J connectivity index is 1.84. The first-order chi connectivity index (χ1) is 13.4. The van der Waals surface area contributed by atoms with Crippen molar-refractivity contribution in [2.24, 2.45) is 10.2 Å². The number of amides is 1. The van der Waals surface area contributed by atoms with Crippen LogP contribution in [0.15, 0.2) is 71.0 Å². The fraction of sp³-hybridized carbons (Fsp3) is 0. The monoisotopic (exact) mass is 379 g/mol. The van der Waals surface area contributed by atoms with Crippen LogP contribution in [-0.2, 0) is 0 Å². The summed E-state index contributed by atoms with van der Waals surface area (Å²) in [5.74, 6) is -1.20. The van der Waals surface area contributed by atoms with Crippen molar-refractivity contribution in [3.8, 4) is 11.5 Å². The SMILES string of the molecule is O=C(Nc1ccccn1)c1cc(N=Nc2ccc([N+](=O)[O-])cc2)c(O)cc1O. The second kappa shape index (κ2) is 7.91. The molecule has 1 aromatic heterocycles. The molecule has 0 saturated carbocycles. The highest BCUT2D eigenvalue weighted by atomic mass is 16.6. The Kier molecular flexibility index (Phi) is 5.21. The minimum Gasteiger partial charge on any atom is -0.507 e. The van der Waals surface area contributed by atoms with Crippen LogP contribution < -0.4 is 5.32 Å². The number of nitrogens with one attached hydrogen (secondary N) is 1. The number of hydrogen-bond donors (Lipinski definition) is 3. The van der Waals surface area contributed by atoms with Crippen molar-refractivity contribution < 1.29 is 19.9 Å². The van der Waals surface area contributed by atoms with Crippen LogP contribution in [0.2, 0.25) is 0 Å². The molecule has 1 amide bonds. The highest BCUT2D eigenvalue weighted by Gasteiger charge is 2.16. The quantitative estimate of drug-likeness (QED) is 0.345. The molecule has 2 aromatic carbocycles. The zero-order valence-electron chi connectivity index (χ0n) is 14.2. The first kappa shape index (κ1) is 18.5. The van der Waals surface area contributed by atoms with Gasteiger partial charge in [-0.25, -0.2) is 4.98 Å². The molecule has 0 aliphatic carbocycles. The zero-order valence-corrected chi connectivity index (χ0v) is 14.2. The Morgan fingerprint density at radius 2 is 1.79 bits per heavy atom. The molecule has 0 spiro atoms. The van der Waals surface area contributed by atoms with Gasteiger partial charge in [0.1, 0.15) is 23.0 Å². The molecule has 0 radical (unpaired) electrons. The number of phenols is 2. The van der Waals surface area contributed by atoms with Crippen LogP contribution in [0.25, 0.3) is 0 Å².